The second-order valence-corrected chi connectivity index (χ2v) is 7.16. The van der Waals surface area contributed by atoms with Crippen molar-refractivity contribution in [1.29, 1.82) is 0 Å². The smallest absolute Gasteiger partial charge is 0.280 e. The van der Waals surface area contributed by atoms with Gasteiger partial charge in [0, 0.05) is 23.2 Å². The molecule has 1 atom stereocenters. The zero-order chi connectivity index (χ0) is 20.5. The van der Waals surface area contributed by atoms with Gasteiger partial charge >= 0.3 is 0 Å². The van der Waals surface area contributed by atoms with Crippen molar-refractivity contribution in [2.75, 3.05) is 5.32 Å². The van der Waals surface area contributed by atoms with Gasteiger partial charge in [0.05, 0.1) is 16.6 Å². The Hall–Kier alpha value is -3.48. The Kier molecular flexibility index (Phi) is 4.88. The first-order valence-electron chi connectivity index (χ1n) is 9.59. The number of amides is 1. The number of nitrogens with zero attached hydrogens (tertiary/aromatic N) is 2. The number of hydrogen-bond donors (Lipinski definition) is 2. The monoisotopic (exact) mass is 392 g/mol. The molecule has 2 aromatic heterocycles. The highest BCUT2D eigenvalue weighted by molar-refractivity contribution is 6.02. The molecule has 7 heteroatoms. The Labute approximate surface area is 166 Å². The Morgan fingerprint density at radius 1 is 1.21 bits per heavy atom. The highest BCUT2D eigenvalue weighted by atomic mass is 19.1. The average Bonchev–Trinajstić information content (AvgIpc) is 3.06. The van der Waals surface area contributed by atoms with E-state index in [1.54, 1.807) is 36.4 Å². The molecule has 29 heavy (non-hydrogen) atoms. The molecule has 0 bridgehead atoms. The minimum atomic E-state index is -0.435. The van der Waals surface area contributed by atoms with Crippen LogP contribution in [0, 0.1) is 11.7 Å². The maximum atomic E-state index is 14.0. The zero-order valence-corrected chi connectivity index (χ0v) is 16.2. The van der Waals surface area contributed by atoms with Crippen LogP contribution in [-0.4, -0.2) is 20.7 Å². The lowest BCUT2D eigenvalue weighted by Crippen LogP contribution is -2.20. The van der Waals surface area contributed by atoms with Crippen molar-refractivity contribution in [3.8, 4) is 5.69 Å². The van der Waals surface area contributed by atoms with Crippen molar-refractivity contribution in [3.63, 3.8) is 0 Å². The third kappa shape index (κ3) is 3.40. The normalized spacial score (nSPS) is 12.4. The molecule has 0 fully saturated rings. The summed E-state index contributed by atoms with van der Waals surface area (Å²) in [6.07, 6.45) is 3.17. The Balaban J connectivity index is 1.69. The van der Waals surface area contributed by atoms with Crippen LogP contribution < -0.4 is 10.9 Å². The van der Waals surface area contributed by atoms with Gasteiger partial charge in [-0.1, -0.05) is 32.4 Å². The van der Waals surface area contributed by atoms with Crippen LogP contribution in [0.2, 0.25) is 0 Å². The first kappa shape index (κ1) is 18.9. The van der Waals surface area contributed by atoms with Gasteiger partial charge in [-0.2, -0.15) is 0 Å². The number of aromatic nitrogens is 3. The molecule has 148 valence electrons. The van der Waals surface area contributed by atoms with Crippen molar-refractivity contribution < 1.29 is 9.18 Å². The van der Waals surface area contributed by atoms with Gasteiger partial charge in [0.25, 0.3) is 5.56 Å². The number of rotatable bonds is 5. The topological polar surface area (TPSA) is 79.8 Å². The number of aromatic amines is 1. The molecule has 0 saturated carbocycles. The highest BCUT2D eigenvalue weighted by Crippen LogP contribution is 2.23. The molecule has 2 aromatic carbocycles. The molecule has 6 nitrogen and oxygen atoms in total. The number of para-hydroxylation sites is 1. The Morgan fingerprint density at radius 3 is 2.69 bits per heavy atom. The third-order valence-corrected chi connectivity index (χ3v) is 5.07. The molecule has 0 saturated heterocycles. The molecular formula is C22H21FN4O2. The second kappa shape index (κ2) is 7.50. The summed E-state index contributed by atoms with van der Waals surface area (Å²) in [7, 11) is 0. The van der Waals surface area contributed by atoms with Crippen molar-refractivity contribution in [3.05, 3.63) is 64.8 Å². The molecule has 0 aliphatic heterocycles. The average molecular weight is 392 g/mol. The number of pyridine rings is 1. The number of carbonyl (C=O) groups is 1. The number of nitrogens with one attached hydrogen (secondary N) is 2. The summed E-state index contributed by atoms with van der Waals surface area (Å²) >= 11 is 0. The van der Waals surface area contributed by atoms with Gasteiger partial charge in [0.1, 0.15) is 11.3 Å². The number of fused-ring (bicyclic) bond motifs is 3. The molecule has 2 N–H and O–H groups in total. The van der Waals surface area contributed by atoms with Gasteiger partial charge in [-0.3, -0.25) is 19.7 Å². The molecule has 1 amide bonds. The van der Waals surface area contributed by atoms with Crippen LogP contribution in [0.25, 0.3) is 27.5 Å². The number of anilines is 1. The maximum Gasteiger partial charge on any atom is 0.280 e. The van der Waals surface area contributed by atoms with Crippen LogP contribution >= 0.6 is 0 Å². The van der Waals surface area contributed by atoms with E-state index in [1.165, 1.54) is 16.9 Å². The van der Waals surface area contributed by atoms with E-state index >= 15 is 0 Å². The van der Waals surface area contributed by atoms with E-state index in [0.717, 1.165) is 12.8 Å². The van der Waals surface area contributed by atoms with E-state index in [2.05, 4.69) is 15.4 Å². The summed E-state index contributed by atoms with van der Waals surface area (Å²) in [5.74, 6) is -0.519. The van der Waals surface area contributed by atoms with E-state index in [1.807, 2.05) is 13.8 Å². The number of benzene rings is 2. The molecule has 0 radical (unpaired) electrons. The van der Waals surface area contributed by atoms with E-state index in [9.17, 15) is 14.0 Å². The maximum absolute atomic E-state index is 14.0. The summed E-state index contributed by atoms with van der Waals surface area (Å²) < 4.78 is 15.4. The van der Waals surface area contributed by atoms with Gasteiger partial charge in [-0.05, 0) is 36.8 Å². The Morgan fingerprint density at radius 2 is 1.97 bits per heavy atom. The minimum Gasteiger partial charge on any atom is -0.326 e. The predicted molar refractivity (Wildman–Crippen MR) is 112 cm³/mol. The highest BCUT2D eigenvalue weighted by Gasteiger charge is 2.15. The van der Waals surface area contributed by atoms with E-state index in [4.69, 9.17) is 0 Å². The SMILES string of the molecule is CCCC(C)C(=O)Nc1ccc(-n2[nH]c3c(cnc4c(F)cccc43)c2=O)cc1. The molecule has 0 aliphatic carbocycles. The van der Waals surface area contributed by atoms with Crippen LogP contribution in [0.15, 0.2) is 53.5 Å². The molecule has 4 rings (SSSR count). The molecule has 1 unspecified atom stereocenters. The van der Waals surface area contributed by atoms with Gasteiger partial charge in [0.15, 0.2) is 0 Å². The summed E-state index contributed by atoms with van der Waals surface area (Å²) in [6.45, 7) is 3.95. The summed E-state index contributed by atoms with van der Waals surface area (Å²) in [4.78, 5) is 29.1. The summed E-state index contributed by atoms with van der Waals surface area (Å²) in [6, 6.07) is 11.6. The molecule has 0 aliphatic rings. The largest absolute Gasteiger partial charge is 0.326 e. The standard InChI is InChI=1S/C22H21FN4O2/c1-3-5-13(2)21(28)25-14-8-10-15(11-9-14)27-22(29)17-12-24-20-16(19(17)26-27)6-4-7-18(20)23/h4,6-13,26H,3,5H2,1-2H3,(H,25,28). The van der Waals surface area contributed by atoms with E-state index < -0.39 is 5.82 Å². The first-order chi connectivity index (χ1) is 14.0. The van der Waals surface area contributed by atoms with Crippen molar-refractivity contribution in [2.45, 2.75) is 26.7 Å². The van der Waals surface area contributed by atoms with Gasteiger partial charge in [0.2, 0.25) is 5.91 Å². The van der Waals surface area contributed by atoms with Gasteiger partial charge in [-0.15, -0.1) is 0 Å². The lowest BCUT2D eigenvalue weighted by Gasteiger charge is -2.11. The molecule has 0 spiro atoms. The fourth-order valence-corrected chi connectivity index (χ4v) is 3.46. The zero-order valence-electron chi connectivity index (χ0n) is 16.2. The minimum absolute atomic E-state index is 0.0260. The molecule has 2 heterocycles. The fraction of sp³-hybridized carbons (Fsp3) is 0.227. The number of hydrogen-bond acceptors (Lipinski definition) is 3. The van der Waals surface area contributed by atoms with Crippen LogP contribution in [0.1, 0.15) is 26.7 Å². The second-order valence-electron chi connectivity index (χ2n) is 7.16. The number of halogens is 1. The van der Waals surface area contributed by atoms with Gasteiger partial charge < -0.3 is 5.32 Å². The van der Waals surface area contributed by atoms with Crippen LogP contribution in [0.4, 0.5) is 10.1 Å². The number of carbonyl (C=O) groups excluding carboxylic acids is 1. The lowest BCUT2D eigenvalue weighted by atomic mass is 10.1. The van der Waals surface area contributed by atoms with Crippen molar-refractivity contribution in [1.82, 2.24) is 14.8 Å². The first-order valence-corrected chi connectivity index (χ1v) is 9.59. The van der Waals surface area contributed by atoms with Gasteiger partial charge in [-0.25, -0.2) is 9.07 Å². The molecular weight excluding hydrogens is 371 g/mol. The van der Waals surface area contributed by atoms with Crippen LogP contribution in [-0.2, 0) is 4.79 Å². The predicted octanol–water partition coefficient (Wildman–Crippen LogP) is 4.38. The quantitative estimate of drug-likeness (QED) is 0.529. The van der Waals surface area contributed by atoms with Crippen LogP contribution in [0.3, 0.4) is 0 Å². The third-order valence-electron chi connectivity index (χ3n) is 5.07. The molecule has 4 aromatic rings. The van der Waals surface area contributed by atoms with Crippen LogP contribution in [0.5, 0.6) is 0 Å². The summed E-state index contributed by atoms with van der Waals surface area (Å²) in [5, 5.41) is 6.88. The van der Waals surface area contributed by atoms with E-state index in [0.29, 0.717) is 27.7 Å². The number of H-pyrrole nitrogens is 1. The van der Waals surface area contributed by atoms with Crippen molar-refractivity contribution >= 4 is 33.4 Å². The van der Waals surface area contributed by atoms with Crippen molar-refractivity contribution in [2.24, 2.45) is 5.92 Å². The Bertz CT molecular complexity index is 1260. The fourth-order valence-electron chi connectivity index (χ4n) is 3.46. The lowest BCUT2D eigenvalue weighted by molar-refractivity contribution is -0.119. The van der Waals surface area contributed by atoms with E-state index in [-0.39, 0.29) is 22.9 Å². The summed E-state index contributed by atoms with van der Waals surface area (Å²) in [5.41, 5.74) is 1.75.